The molecule has 0 aliphatic heterocycles. The van der Waals surface area contributed by atoms with Crippen molar-refractivity contribution in [3.8, 4) is 10.6 Å². The second-order valence-corrected chi connectivity index (χ2v) is 6.25. The third-order valence-corrected chi connectivity index (χ3v) is 4.38. The topological polar surface area (TPSA) is 38.9 Å². The van der Waals surface area contributed by atoms with Gasteiger partial charge >= 0.3 is 0 Å². The van der Waals surface area contributed by atoms with Crippen molar-refractivity contribution in [1.29, 1.82) is 0 Å². The molecule has 0 radical (unpaired) electrons. The van der Waals surface area contributed by atoms with Crippen LogP contribution in [0.25, 0.3) is 10.6 Å². The number of rotatable bonds is 3. The van der Waals surface area contributed by atoms with E-state index in [4.69, 9.17) is 5.73 Å². The Morgan fingerprint density at radius 1 is 1.44 bits per heavy atom. The summed E-state index contributed by atoms with van der Waals surface area (Å²) in [7, 11) is 0. The Morgan fingerprint density at radius 2 is 2.17 bits per heavy atom. The summed E-state index contributed by atoms with van der Waals surface area (Å²) in [5, 5.41) is 0.889. The molecule has 0 aliphatic carbocycles. The molecule has 2 nitrogen and oxygen atoms in total. The molecule has 1 aromatic carbocycles. The van der Waals surface area contributed by atoms with Crippen molar-refractivity contribution in [1.82, 2.24) is 4.98 Å². The van der Waals surface area contributed by atoms with E-state index >= 15 is 0 Å². The van der Waals surface area contributed by atoms with Gasteiger partial charge in [-0.3, -0.25) is 0 Å². The van der Waals surface area contributed by atoms with Crippen LogP contribution in [0.4, 0.5) is 4.39 Å². The number of thiazole rings is 1. The maximum Gasteiger partial charge on any atom is 0.137 e. The zero-order valence-electron chi connectivity index (χ0n) is 10.2. The minimum Gasteiger partial charge on any atom is -0.326 e. The summed E-state index contributed by atoms with van der Waals surface area (Å²) in [5.74, 6) is 0.0795. The molecule has 0 atom stereocenters. The first-order valence-electron chi connectivity index (χ1n) is 5.68. The first kappa shape index (κ1) is 13.6. The highest BCUT2D eigenvalue weighted by Crippen LogP contribution is 2.33. The molecule has 0 amide bonds. The van der Waals surface area contributed by atoms with E-state index in [0.717, 1.165) is 21.1 Å². The van der Waals surface area contributed by atoms with Gasteiger partial charge in [0.05, 0.1) is 10.2 Å². The van der Waals surface area contributed by atoms with E-state index in [1.54, 1.807) is 23.5 Å². The maximum absolute atomic E-state index is 13.2. The van der Waals surface area contributed by atoms with E-state index in [1.807, 2.05) is 0 Å². The van der Waals surface area contributed by atoms with Crippen LogP contribution in [0, 0.1) is 5.82 Å². The van der Waals surface area contributed by atoms with Gasteiger partial charge in [0.15, 0.2) is 0 Å². The van der Waals surface area contributed by atoms with Gasteiger partial charge in [0.25, 0.3) is 0 Å². The monoisotopic (exact) mass is 328 g/mol. The Labute approximate surface area is 118 Å². The summed E-state index contributed by atoms with van der Waals surface area (Å²) >= 11 is 4.77. The van der Waals surface area contributed by atoms with E-state index < -0.39 is 0 Å². The van der Waals surface area contributed by atoms with Gasteiger partial charge in [-0.25, -0.2) is 9.37 Å². The molecule has 0 unspecified atom stereocenters. The van der Waals surface area contributed by atoms with Crippen LogP contribution >= 0.6 is 27.3 Å². The van der Waals surface area contributed by atoms with Crippen LogP contribution in [0.2, 0.25) is 0 Å². The van der Waals surface area contributed by atoms with Gasteiger partial charge in [0, 0.05) is 17.0 Å². The molecule has 1 aromatic heterocycles. The summed E-state index contributed by atoms with van der Waals surface area (Å²) < 4.78 is 13.7. The highest BCUT2D eigenvalue weighted by molar-refractivity contribution is 9.10. The molecule has 0 saturated heterocycles. The highest BCUT2D eigenvalue weighted by atomic mass is 79.9. The number of hydrogen-bond donors (Lipinski definition) is 1. The number of benzene rings is 1. The van der Waals surface area contributed by atoms with Crippen molar-refractivity contribution in [2.75, 3.05) is 0 Å². The van der Waals surface area contributed by atoms with Gasteiger partial charge in [0.1, 0.15) is 10.8 Å². The van der Waals surface area contributed by atoms with Crippen LogP contribution < -0.4 is 5.73 Å². The molecule has 0 bridgehead atoms. The van der Waals surface area contributed by atoms with Crippen molar-refractivity contribution in [2.24, 2.45) is 5.73 Å². The minimum atomic E-state index is -0.265. The van der Waals surface area contributed by atoms with Gasteiger partial charge in [-0.15, -0.1) is 11.3 Å². The molecule has 2 rings (SSSR count). The second kappa shape index (κ2) is 5.47. The predicted octanol–water partition coefficient (Wildman–Crippen LogP) is 4.29. The number of nitrogens with zero attached hydrogens (tertiary/aromatic N) is 1. The van der Waals surface area contributed by atoms with Gasteiger partial charge in [0.2, 0.25) is 0 Å². The van der Waals surface area contributed by atoms with Gasteiger partial charge in [-0.2, -0.15) is 0 Å². The Kier molecular flexibility index (Phi) is 4.14. The Morgan fingerprint density at radius 3 is 2.67 bits per heavy atom. The Hall–Kier alpha value is -0.780. The van der Waals surface area contributed by atoms with Gasteiger partial charge in [-0.05, 0) is 40.0 Å². The van der Waals surface area contributed by atoms with Crippen LogP contribution in [0.15, 0.2) is 22.7 Å². The molecular formula is C13H14BrFN2S. The van der Waals surface area contributed by atoms with E-state index in [9.17, 15) is 4.39 Å². The maximum atomic E-state index is 13.2. The summed E-state index contributed by atoms with van der Waals surface area (Å²) in [6.45, 7) is 4.69. The van der Waals surface area contributed by atoms with Crippen molar-refractivity contribution in [2.45, 2.75) is 26.3 Å². The predicted molar refractivity (Wildman–Crippen MR) is 77.2 cm³/mol. The molecule has 5 heteroatoms. The molecule has 0 saturated carbocycles. The fourth-order valence-corrected chi connectivity index (χ4v) is 3.18. The lowest BCUT2D eigenvalue weighted by Gasteiger charge is -2.01. The highest BCUT2D eigenvalue weighted by Gasteiger charge is 2.14. The molecule has 1 heterocycles. The van der Waals surface area contributed by atoms with E-state index in [1.165, 1.54) is 6.07 Å². The average molecular weight is 329 g/mol. The lowest BCUT2D eigenvalue weighted by atomic mass is 10.1. The zero-order chi connectivity index (χ0) is 13.3. The van der Waals surface area contributed by atoms with Crippen LogP contribution in [0.5, 0.6) is 0 Å². The minimum absolute atomic E-state index is 0.265. The molecule has 96 valence electrons. The normalized spacial score (nSPS) is 11.2. The number of halogens is 2. The van der Waals surface area contributed by atoms with Crippen LogP contribution in [0.3, 0.4) is 0 Å². The van der Waals surface area contributed by atoms with Crippen LogP contribution in [-0.4, -0.2) is 4.98 Å². The van der Waals surface area contributed by atoms with Crippen LogP contribution in [-0.2, 0) is 6.54 Å². The second-order valence-electron chi connectivity index (χ2n) is 4.32. The molecule has 18 heavy (non-hydrogen) atoms. The molecule has 0 aliphatic rings. The largest absolute Gasteiger partial charge is 0.326 e. The molecule has 0 spiro atoms. The summed E-state index contributed by atoms with van der Waals surface area (Å²) in [4.78, 5) is 5.71. The van der Waals surface area contributed by atoms with E-state index in [2.05, 4.69) is 34.8 Å². The molecule has 2 N–H and O–H groups in total. The fraction of sp³-hybridized carbons (Fsp3) is 0.308. The van der Waals surface area contributed by atoms with Gasteiger partial charge < -0.3 is 5.73 Å². The van der Waals surface area contributed by atoms with Crippen molar-refractivity contribution < 1.29 is 4.39 Å². The van der Waals surface area contributed by atoms with Gasteiger partial charge in [-0.1, -0.05) is 13.8 Å². The SMILES string of the molecule is CC(C)c1nc(-c2ccc(F)c(Br)c2)sc1CN. The third-order valence-electron chi connectivity index (χ3n) is 2.63. The quantitative estimate of drug-likeness (QED) is 0.912. The van der Waals surface area contributed by atoms with Crippen molar-refractivity contribution in [3.63, 3.8) is 0 Å². The number of hydrogen-bond acceptors (Lipinski definition) is 3. The molecular weight excluding hydrogens is 315 g/mol. The average Bonchev–Trinajstić information content (AvgIpc) is 2.77. The third kappa shape index (κ3) is 2.63. The smallest absolute Gasteiger partial charge is 0.137 e. The Balaban J connectivity index is 2.47. The molecule has 0 fully saturated rings. The summed E-state index contributed by atoms with van der Waals surface area (Å²) in [5.41, 5.74) is 7.69. The van der Waals surface area contributed by atoms with E-state index in [-0.39, 0.29) is 5.82 Å². The van der Waals surface area contributed by atoms with Crippen LogP contribution in [0.1, 0.15) is 30.3 Å². The standard InChI is InChI=1S/C13H14BrFN2S/c1-7(2)12-11(6-16)18-13(17-12)8-3-4-10(15)9(14)5-8/h3-5,7H,6,16H2,1-2H3. The fourth-order valence-electron chi connectivity index (χ4n) is 1.71. The summed E-state index contributed by atoms with van der Waals surface area (Å²) in [6, 6.07) is 4.93. The first-order valence-corrected chi connectivity index (χ1v) is 7.29. The van der Waals surface area contributed by atoms with Crippen molar-refractivity contribution in [3.05, 3.63) is 39.1 Å². The van der Waals surface area contributed by atoms with Crippen molar-refractivity contribution >= 4 is 27.3 Å². The zero-order valence-corrected chi connectivity index (χ0v) is 12.6. The first-order chi connectivity index (χ1) is 8.52. The lowest BCUT2D eigenvalue weighted by molar-refractivity contribution is 0.621. The lowest BCUT2D eigenvalue weighted by Crippen LogP contribution is -1.99. The summed E-state index contributed by atoms with van der Waals surface area (Å²) in [6.07, 6.45) is 0. The van der Waals surface area contributed by atoms with E-state index in [0.29, 0.717) is 16.9 Å². The Bertz CT molecular complexity index is 566. The molecule has 2 aromatic rings. The number of nitrogens with two attached hydrogens (primary N) is 1. The number of aromatic nitrogens is 1.